The third kappa shape index (κ3) is 2.65. The maximum atomic E-state index is 8.69. The summed E-state index contributed by atoms with van der Waals surface area (Å²) >= 11 is 0. The van der Waals surface area contributed by atoms with E-state index in [-0.39, 0.29) is 11.9 Å². The molecule has 3 N–H and O–H groups in total. The standard InChI is InChI=1S/C11H16N4O2/c1-15-5-3-8(7-15)17-10-6-13-4-2-9(10)11(12)14-16/h2,4,6,8,16H,3,5,7H2,1H3,(H2,12,14). The molecular formula is C11H16N4O2. The highest BCUT2D eigenvalue weighted by Crippen LogP contribution is 2.21. The van der Waals surface area contributed by atoms with E-state index >= 15 is 0 Å². The van der Waals surface area contributed by atoms with Crippen LogP contribution in [0.3, 0.4) is 0 Å². The van der Waals surface area contributed by atoms with Crippen molar-refractivity contribution < 1.29 is 9.94 Å². The van der Waals surface area contributed by atoms with Crippen molar-refractivity contribution in [1.82, 2.24) is 9.88 Å². The second-order valence-electron chi connectivity index (χ2n) is 4.15. The molecule has 0 amide bonds. The molecule has 0 bridgehead atoms. The Hall–Kier alpha value is -1.82. The highest BCUT2D eigenvalue weighted by atomic mass is 16.5. The molecule has 1 unspecified atom stereocenters. The van der Waals surface area contributed by atoms with Crippen LogP contribution in [0, 0.1) is 0 Å². The molecule has 0 aromatic carbocycles. The average Bonchev–Trinajstić information content (AvgIpc) is 2.74. The molecule has 2 rings (SSSR count). The summed E-state index contributed by atoms with van der Waals surface area (Å²) in [5.74, 6) is 0.594. The minimum absolute atomic E-state index is 0.0359. The van der Waals surface area contributed by atoms with Gasteiger partial charge in [-0.3, -0.25) is 4.98 Å². The number of nitrogens with two attached hydrogens (primary N) is 1. The molecule has 2 heterocycles. The van der Waals surface area contributed by atoms with Crippen molar-refractivity contribution in [3.8, 4) is 5.75 Å². The second-order valence-corrected chi connectivity index (χ2v) is 4.15. The normalized spacial score (nSPS) is 21.7. The lowest BCUT2D eigenvalue weighted by Crippen LogP contribution is -2.23. The quantitative estimate of drug-likeness (QED) is 0.340. The van der Waals surface area contributed by atoms with E-state index in [1.807, 2.05) is 0 Å². The largest absolute Gasteiger partial charge is 0.487 e. The van der Waals surface area contributed by atoms with Gasteiger partial charge in [-0.05, 0) is 19.5 Å². The van der Waals surface area contributed by atoms with Crippen molar-refractivity contribution in [1.29, 1.82) is 0 Å². The highest BCUT2D eigenvalue weighted by Gasteiger charge is 2.22. The van der Waals surface area contributed by atoms with Crippen molar-refractivity contribution in [2.24, 2.45) is 10.9 Å². The zero-order chi connectivity index (χ0) is 12.3. The van der Waals surface area contributed by atoms with Gasteiger partial charge in [0, 0.05) is 19.3 Å². The smallest absolute Gasteiger partial charge is 0.173 e. The molecule has 0 saturated carbocycles. The Bertz CT molecular complexity index is 422. The fraction of sp³-hybridized carbons (Fsp3) is 0.455. The molecule has 1 fully saturated rings. The van der Waals surface area contributed by atoms with Crippen molar-refractivity contribution in [3.05, 3.63) is 24.0 Å². The first-order valence-corrected chi connectivity index (χ1v) is 5.48. The van der Waals surface area contributed by atoms with Crippen LogP contribution in [0.5, 0.6) is 5.75 Å². The maximum absolute atomic E-state index is 8.69. The zero-order valence-corrected chi connectivity index (χ0v) is 9.71. The van der Waals surface area contributed by atoms with E-state index in [9.17, 15) is 0 Å². The third-order valence-corrected chi connectivity index (χ3v) is 2.81. The predicted octanol–water partition coefficient (Wildman–Crippen LogP) is 0.259. The number of oxime groups is 1. The van der Waals surface area contributed by atoms with Crippen LogP contribution >= 0.6 is 0 Å². The number of likely N-dealkylation sites (N-methyl/N-ethyl adjacent to an activating group) is 1. The molecular weight excluding hydrogens is 220 g/mol. The highest BCUT2D eigenvalue weighted by molar-refractivity contribution is 5.99. The number of likely N-dealkylation sites (tertiary alicyclic amines) is 1. The van der Waals surface area contributed by atoms with Crippen LogP contribution in [0.2, 0.25) is 0 Å². The summed E-state index contributed by atoms with van der Waals surface area (Å²) in [6, 6.07) is 1.67. The minimum Gasteiger partial charge on any atom is -0.487 e. The van der Waals surface area contributed by atoms with Gasteiger partial charge in [-0.15, -0.1) is 0 Å². The second kappa shape index (κ2) is 5.01. The summed E-state index contributed by atoms with van der Waals surface area (Å²) in [5, 5.41) is 11.7. The molecule has 0 radical (unpaired) electrons. The van der Waals surface area contributed by atoms with Crippen molar-refractivity contribution in [2.75, 3.05) is 20.1 Å². The number of pyridine rings is 1. The first-order valence-electron chi connectivity index (χ1n) is 5.48. The van der Waals surface area contributed by atoms with Gasteiger partial charge in [-0.2, -0.15) is 0 Å². The van der Waals surface area contributed by atoms with Gasteiger partial charge >= 0.3 is 0 Å². The number of rotatable bonds is 3. The Kier molecular flexibility index (Phi) is 3.43. The van der Waals surface area contributed by atoms with Gasteiger partial charge in [0.15, 0.2) is 5.84 Å². The summed E-state index contributed by atoms with van der Waals surface area (Å²) in [6.07, 6.45) is 4.28. The summed E-state index contributed by atoms with van der Waals surface area (Å²) in [7, 11) is 2.05. The van der Waals surface area contributed by atoms with Crippen LogP contribution in [-0.4, -0.2) is 47.2 Å². The van der Waals surface area contributed by atoms with Gasteiger partial charge in [0.25, 0.3) is 0 Å². The van der Waals surface area contributed by atoms with Gasteiger partial charge in [0.05, 0.1) is 11.8 Å². The van der Waals surface area contributed by atoms with Crippen LogP contribution in [0.25, 0.3) is 0 Å². The Morgan fingerprint density at radius 1 is 1.71 bits per heavy atom. The number of hydrogen-bond donors (Lipinski definition) is 2. The molecule has 1 aliphatic rings. The Morgan fingerprint density at radius 3 is 3.18 bits per heavy atom. The number of amidine groups is 1. The minimum atomic E-state index is 0.0359. The molecule has 1 aromatic rings. The summed E-state index contributed by atoms with van der Waals surface area (Å²) in [5.41, 5.74) is 6.15. The van der Waals surface area contributed by atoms with E-state index in [1.54, 1.807) is 18.5 Å². The summed E-state index contributed by atoms with van der Waals surface area (Å²) in [6.45, 7) is 1.90. The molecule has 17 heavy (non-hydrogen) atoms. The van der Waals surface area contributed by atoms with Crippen molar-refractivity contribution >= 4 is 5.84 Å². The fourth-order valence-corrected chi connectivity index (χ4v) is 1.91. The van der Waals surface area contributed by atoms with E-state index in [0.717, 1.165) is 19.5 Å². The zero-order valence-electron chi connectivity index (χ0n) is 9.71. The Balaban J connectivity index is 2.15. The lowest BCUT2D eigenvalue weighted by Gasteiger charge is -2.15. The average molecular weight is 236 g/mol. The van der Waals surface area contributed by atoms with E-state index in [2.05, 4.69) is 22.1 Å². The van der Waals surface area contributed by atoms with Crippen LogP contribution in [0.4, 0.5) is 0 Å². The van der Waals surface area contributed by atoms with Crippen LogP contribution in [-0.2, 0) is 0 Å². The lowest BCUT2D eigenvalue weighted by atomic mass is 10.2. The van der Waals surface area contributed by atoms with Gasteiger partial charge in [-0.25, -0.2) is 0 Å². The van der Waals surface area contributed by atoms with E-state index in [0.29, 0.717) is 11.3 Å². The molecule has 1 atom stereocenters. The summed E-state index contributed by atoms with van der Waals surface area (Å²) in [4.78, 5) is 6.19. The third-order valence-electron chi connectivity index (χ3n) is 2.81. The van der Waals surface area contributed by atoms with Gasteiger partial charge in [0.2, 0.25) is 0 Å². The molecule has 6 nitrogen and oxygen atoms in total. The molecule has 6 heteroatoms. The maximum Gasteiger partial charge on any atom is 0.173 e. The summed E-state index contributed by atoms with van der Waals surface area (Å²) < 4.78 is 5.82. The van der Waals surface area contributed by atoms with E-state index in [4.69, 9.17) is 15.7 Å². The van der Waals surface area contributed by atoms with Crippen LogP contribution in [0.1, 0.15) is 12.0 Å². The topological polar surface area (TPSA) is 84.0 Å². The molecule has 1 aliphatic heterocycles. The van der Waals surface area contributed by atoms with E-state index in [1.165, 1.54) is 0 Å². The van der Waals surface area contributed by atoms with E-state index < -0.39 is 0 Å². The van der Waals surface area contributed by atoms with Crippen molar-refractivity contribution in [2.45, 2.75) is 12.5 Å². The molecule has 0 aliphatic carbocycles. The fourth-order valence-electron chi connectivity index (χ4n) is 1.91. The van der Waals surface area contributed by atoms with Crippen molar-refractivity contribution in [3.63, 3.8) is 0 Å². The molecule has 0 spiro atoms. The van der Waals surface area contributed by atoms with Crippen LogP contribution in [0.15, 0.2) is 23.6 Å². The number of nitrogens with zero attached hydrogens (tertiary/aromatic N) is 3. The van der Waals surface area contributed by atoms with Gasteiger partial charge in [0.1, 0.15) is 11.9 Å². The molecule has 92 valence electrons. The predicted molar refractivity (Wildman–Crippen MR) is 63.3 cm³/mol. The Labute approximate surface area is 99.7 Å². The monoisotopic (exact) mass is 236 g/mol. The number of ether oxygens (including phenoxy) is 1. The lowest BCUT2D eigenvalue weighted by molar-refractivity contribution is 0.207. The van der Waals surface area contributed by atoms with Crippen LogP contribution < -0.4 is 10.5 Å². The number of aromatic nitrogens is 1. The van der Waals surface area contributed by atoms with Gasteiger partial charge < -0.3 is 20.6 Å². The first kappa shape index (κ1) is 11.7. The van der Waals surface area contributed by atoms with Gasteiger partial charge in [-0.1, -0.05) is 5.16 Å². The number of hydrogen-bond acceptors (Lipinski definition) is 5. The Morgan fingerprint density at radius 2 is 2.53 bits per heavy atom. The molecule has 1 saturated heterocycles. The molecule has 1 aromatic heterocycles. The SMILES string of the molecule is CN1CCC(Oc2cnccc2/C(N)=N/O)C1. The first-order chi connectivity index (χ1) is 8.20.